The number of aliphatic hydroxyl groups is 1. The molecule has 2 fully saturated rings. The van der Waals surface area contributed by atoms with Gasteiger partial charge >= 0.3 is 47.8 Å². The first-order valence-electron chi connectivity index (χ1n) is 16.1. The minimum absolute atomic E-state index is 0. The first-order valence-corrected chi connectivity index (χ1v) is 16.1. The molecule has 1 aromatic heterocycles. The van der Waals surface area contributed by atoms with Crippen LogP contribution < -0.4 is 34.3 Å². The summed E-state index contributed by atoms with van der Waals surface area (Å²) in [6.07, 6.45) is 11.1. The average molecular weight is 741 g/mol. The van der Waals surface area contributed by atoms with E-state index in [2.05, 4.69) is 9.72 Å². The molecule has 0 saturated heterocycles. The summed E-state index contributed by atoms with van der Waals surface area (Å²) in [5.74, 6) is -0.103. The molecule has 3 N–H and O–H groups in total. The molecule has 0 amide bonds. The molecule has 0 spiro atoms. The molecule has 0 aromatic carbocycles. The second-order valence-electron chi connectivity index (χ2n) is 13.1. The van der Waals surface area contributed by atoms with E-state index in [1.54, 1.807) is 75.1 Å². The van der Waals surface area contributed by atoms with Crippen molar-refractivity contribution in [3.05, 3.63) is 24.0 Å². The Bertz CT molecular complexity index is 1090. The Labute approximate surface area is 325 Å². The maximum absolute atomic E-state index is 11.0. The molecule has 0 bridgehead atoms. The Hall–Kier alpha value is -2.66. The molecular formula is C35H59NNaO14-. The smallest absolute Gasteiger partial charge is 0.870 e. The Morgan fingerprint density at radius 3 is 1.67 bits per heavy atom. The quantitative estimate of drug-likeness (QED) is 0.140. The van der Waals surface area contributed by atoms with E-state index < -0.39 is 29.5 Å². The number of ketones is 1. The molecule has 1 heterocycles. The molecule has 51 heavy (non-hydrogen) atoms. The van der Waals surface area contributed by atoms with Crippen molar-refractivity contribution in [2.24, 2.45) is 11.8 Å². The Morgan fingerprint density at radius 1 is 0.804 bits per heavy atom. The molecule has 4 unspecified atom stereocenters. The van der Waals surface area contributed by atoms with E-state index in [1.165, 1.54) is 13.1 Å². The van der Waals surface area contributed by atoms with Gasteiger partial charge in [-0.1, -0.05) is 19.3 Å². The SMILES string of the molecule is CC(C)(C)OC(=O)OC(=O)OC(C)(C)C.CO.COC1CCCC(C(=O)O)C1.COC1CCCC([C-]=O)C1.COc1cncc(C(C)=O)c1.[Na+].[OH-]. The van der Waals surface area contributed by atoms with Gasteiger partial charge in [-0.15, -0.1) is 5.92 Å². The molecule has 2 saturated carbocycles. The van der Waals surface area contributed by atoms with E-state index in [9.17, 15) is 24.0 Å². The molecule has 0 radical (unpaired) electrons. The number of carboxylic acid groups (broad SMARTS) is 1. The predicted octanol–water partition coefficient (Wildman–Crippen LogP) is 3.18. The number of carboxylic acids is 1. The number of carbonyl (C=O) groups excluding carboxylic acids is 4. The van der Waals surface area contributed by atoms with Gasteiger partial charge in [0.2, 0.25) is 0 Å². The number of aliphatic carboxylic acids is 1. The Morgan fingerprint density at radius 2 is 1.27 bits per heavy atom. The summed E-state index contributed by atoms with van der Waals surface area (Å²) in [5, 5.41) is 15.7. The fourth-order valence-corrected chi connectivity index (χ4v) is 4.38. The van der Waals surface area contributed by atoms with E-state index in [-0.39, 0.29) is 58.8 Å². The molecular weight excluding hydrogens is 681 g/mol. The second kappa shape index (κ2) is 29.9. The van der Waals surface area contributed by atoms with Crippen LogP contribution in [-0.4, -0.2) is 103 Å². The minimum atomic E-state index is -1.06. The van der Waals surface area contributed by atoms with Crippen molar-refractivity contribution >= 4 is 30.3 Å². The molecule has 0 aliphatic heterocycles. The van der Waals surface area contributed by atoms with E-state index in [1.807, 2.05) is 6.29 Å². The molecule has 3 rings (SSSR count). The van der Waals surface area contributed by atoms with Gasteiger partial charge in [0.1, 0.15) is 17.0 Å². The summed E-state index contributed by atoms with van der Waals surface area (Å²) in [5.41, 5.74) is -0.817. The third-order valence-corrected chi connectivity index (χ3v) is 6.74. The third kappa shape index (κ3) is 29.6. The van der Waals surface area contributed by atoms with Crippen molar-refractivity contribution in [2.45, 2.75) is 123 Å². The number of carbonyl (C=O) groups is 4. The van der Waals surface area contributed by atoms with Gasteiger partial charge in [0.15, 0.2) is 5.78 Å². The summed E-state index contributed by atoms with van der Waals surface area (Å²) in [7, 11) is 5.90. The van der Waals surface area contributed by atoms with Gasteiger partial charge in [-0.2, -0.15) is 0 Å². The number of pyridine rings is 1. The largest absolute Gasteiger partial charge is 1.00 e. The summed E-state index contributed by atoms with van der Waals surface area (Å²) < 4.78 is 28.9. The topological polar surface area (TPSA) is 224 Å². The van der Waals surface area contributed by atoms with Gasteiger partial charge in [0.05, 0.1) is 31.4 Å². The monoisotopic (exact) mass is 740 g/mol. The van der Waals surface area contributed by atoms with Crippen LogP contribution in [-0.2, 0) is 33.3 Å². The van der Waals surface area contributed by atoms with Crippen LogP contribution in [0.3, 0.4) is 0 Å². The van der Waals surface area contributed by atoms with Crippen molar-refractivity contribution < 1.29 is 97.6 Å². The zero-order chi connectivity index (χ0) is 38.2. The maximum atomic E-state index is 11.0. The fraction of sp³-hybridized carbons (Fsp3) is 0.714. The maximum Gasteiger partial charge on any atom is 1.00 e. The van der Waals surface area contributed by atoms with Gasteiger partial charge in [-0.25, -0.2) is 9.59 Å². The van der Waals surface area contributed by atoms with E-state index in [4.69, 9.17) is 33.9 Å². The number of rotatable bonds is 6. The van der Waals surface area contributed by atoms with E-state index in [0.29, 0.717) is 23.8 Å². The van der Waals surface area contributed by atoms with Gasteiger partial charge in [-0.05, 0) is 86.6 Å². The van der Waals surface area contributed by atoms with Gasteiger partial charge in [-0.3, -0.25) is 20.9 Å². The average Bonchev–Trinajstić information content (AvgIpc) is 3.04. The Balaban J connectivity index is -0.000000283. The summed E-state index contributed by atoms with van der Waals surface area (Å²) in [6, 6.07) is 1.66. The zero-order valence-electron chi connectivity index (χ0n) is 32.5. The molecule has 2 aliphatic carbocycles. The van der Waals surface area contributed by atoms with Gasteiger partial charge < -0.3 is 48.9 Å². The third-order valence-electron chi connectivity index (χ3n) is 6.74. The van der Waals surface area contributed by atoms with Crippen molar-refractivity contribution in [3.63, 3.8) is 0 Å². The van der Waals surface area contributed by atoms with Crippen LogP contribution in [0.15, 0.2) is 18.5 Å². The molecule has 290 valence electrons. The minimum Gasteiger partial charge on any atom is -0.870 e. The first-order chi connectivity index (χ1) is 22.8. The number of aromatic nitrogens is 1. The number of Topliss-reactive ketones (excluding diaryl/α,β-unsaturated/α-hetero) is 1. The summed E-state index contributed by atoms with van der Waals surface area (Å²) in [4.78, 5) is 57.5. The number of hydrogen-bond acceptors (Lipinski definition) is 14. The number of methoxy groups -OCH3 is 3. The molecule has 4 atom stereocenters. The Kier molecular flexibility index (Phi) is 32.3. The number of ether oxygens (including phenoxy) is 6. The number of nitrogens with zero attached hydrogens (tertiary/aromatic N) is 1. The standard InChI is InChI=1S/C10H18O5.C8H9NO2.C8H14O3.C8H13O2.CH4O.Na.H2O/c1-9(2,3)14-7(11)13-8(12)15-10(4,5)6;1-6(10)7-3-8(11-2)5-9-4-7;1-11-7-4-2-3-6(5-7)8(9)10;1-10-8-4-2-3-7(5-8)6-9;1-2;;/h1-6H3;3-5H,1-2H3;6-7H,2-5H2,1H3,(H,9,10);7-8H,2-5H2,1H3;2H,1H3;;1H2/q;;;-1;;+1;/p-1. The molecule has 2 aliphatic rings. The molecule has 1 aromatic rings. The van der Waals surface area contributed by atoms with Crippen molar-refractivity contribution in [1.29, 1.82) is 0 Å². The van der Waals surface area contributed by atoms with Crippen LogP contribution in [0, 0.1) is 11.8 Å². The number of hydrogen-bond donors (Lipinski definition) is 2. The second-order valence-corrected chi connectivity index (χ2v) is 13.1. The van der Waals surface area contributed by atoms with E-state index >= 15 is 0 Å². The van der Waals surface area contributed by atoms with Gasteiger partial charge in [0, 0.05) is 33.1 Å². The van der Waals surface area contributed by atoms with Crippen LogP contribution in [0.5, 0.6) is 5.75 Å². The van der Waals surface area contributed by atoms with Crippen molar-refractivity contribution in [2.75, 3.05) is 28.4 Å². The van der Waals surface area contributed by atoms with Crippen LogP contribution in [0.25, 0.3) is 0 Å². The van der Waals surface area contributed by atoms with E-state index in [0.717, 1.165) is 52.1 Å². The van der Waals surface area contributed by atoms with Crippen LogP contribution in [0.1, 0.15) is 110 Å². The summed E-state index contributed by atoms with van der Waals surface area (Å²) >= 11 is 0. The number of aliphatic hydroxyl groups excluding tert-OH is 1. The zero-order valence-corrected chi connectivity index (χ0v) is 34.5. The van der Waals surface area contributed by atoms with Crippen LogP contribution in [0.4, 0.5) is 9.59 Å². The molecule has 16 heteroatoms. The van der Waals surface area contributed by atoms with Crippen molar-refractivity contribution in [3.8, 4) is 5.75 Å². The normalized spacial score (nSPS) is 19.1. The molecule has 15 nitrogen and oxygen atoms in total. The predicted molar refractivity (Wildman–Crippen MR) is 183 cm³/mol. The first kappa shape index (κ1) is 55.1. The van der Waals surface area contributed by atoms with Crippen molar-refractivity contribution in [1.82, 2.24) is 4.98 Å². The van der Waals surface area contributed by atoms with Gasteiger partial charge in [0.25, 0.3) is 0 Å². The van der Waals surface area contributed by atoms with Crippen LogP contribution >= 0.6 is 0 Å². The fourth-order valence-electron chi connectivity index (χ4n) is 4.38. The summed E-state index contributed by atoms with van der Waals surface area (Å²) in [6.45, 7) is 11.5. The van der Waals surface area contributed by atoms with Crippen LogP contribution in [0.2, 0.25) is 0 Å².